The summed E-state index contributed by atoms with van der Waals surface area (Å²) in [4.78, 5) is 4.67. The fourth-order valence-corrected chi connectivity index (χ4v) is 5.07. The molecule has 0 amide bonds. The summed E-state index contributed by atoms with van der Waals surface area (Å²) < 4.78 is 24.6. The smallest absolute Gasteiger partial charge is 0.179 e. The summed E-state index contributed by atoms with van der Waals surface area (Å²) in [5.41, 5.74) is 3.27. The van der Waals surface area contributed by atoms with E-state index in [4.69, 9.17) is 0 Å². The van der Waals surface area contributed by atoms with E-state index in [-0.39, 0.29) is 17.5 Å². The lowest BCUT2D eigenvalue weighted by atomic mass is 10.0. The fraction of sp³-hybridized carbons (Fsp3) is 0.200. The van der Waals surface area contributed by atoms with Crippen molar-refractivity contribution in [2.24, 2.45) is 0 Å². The lowest BCUT2D eigenvalue weighted by molar-refractivity contribution is 0.475. The third-order valence-corrected chi connectivity index (χ3v) is 6.72. The lowest BCUT2D eigenvalue weighted by Crippen LogP contribution is -2.09. The van der Waals surface area contributed by atoms with E-state index in [1.54, 1.807) is 36.4 Å². The normalized spacial score (nSPS) is 15.9. The number of phenolic OH excluding ortho intramolecular Hbond substituents is 1. The third kappa shape index (κ3) is 2.88. The molecule has 0 fully saturated rings. The number of hydrogen-bond donors (Lipinski definition) is 2. The number of nitriles is 1. The molecule has 0 aliphatic carbocycles. The molecule has 2 N–H and O–H groups in total. The first kappa shape index (κ1) is 17.3. The van der Waals surface area contributed by atoms with E-state index < -0.39 is 9.84 Å². The van der Waals surface area contributed by atoms with Crippen molar-refractivity contribution >= 4 is 26.4 Å². The largest absolute Gasteiger partial charge is 0.508 e. The van der Waals surface area contributed by atoms with Gasteiger partial charge in [-0.3, -0.25) is 4.98 Å². The van der Waals surface area contributed by atoms with Crippen molar-refractivity contribution in [2.45, 2.75) is 24.3 Å². The molecule has 3 aromatic rings. The SMILES string of the molecule is CC(Nc1c(C#N)cnc2ccc3c(c12)CCS3(=O)=O)c1ccc(O)cc1. The van der Waals surface area contributed by atoms with Gasteiger partial charge >= 0.3 is 0 Å². The molecule has 1 atom stereocenters. The van der Waals surface area contributed by atoms with Gasteiger partial charge in [0.1, 0.15) is 11.8 Å². The van der Waals surface area contributed by atoms with E-state index in [0.717, 1.165) is 11.1 Å². The molecule has 7 heteroatoms. The molecule has 0 bridgehead atoms. The van der Waals surface area contributed by atoms with Crippen molar-refractivity contribution in [1.82, 2.24) is 4.98 Å². The summed E-state index contributed by atoms with van der Waals surface area (Å²) in [6, 6.07) is 12.1. The van der Waals surface area contributed by atoms with Crippen LogP contribution in [0.15, 0.2) is 47.5 Å². The Balaban J connectivity index is 1.90. The topological polar surface area (TPSA) is 103 Å². The van der Waals surface area contributed by atoms with Crippen LogP contribution in [0.4, 0.5) is 5.69 Å². The van der Waals surface area contributed by atoms with Gasteiger partial charge in [0.15, 0.2) is 9.84 Å². The van der Waals surface area contributed by atoms with Crippen molar-refractivity contribution in [3.8, 4) is 11.8 Å². The van der Waals surface area contributed by atoms with Crippen molar-refractivity contribution < 1.29 is 13.5 Å². The lowest BCUT2D eigenvalue weighted by Gasteiger charge is -2.19. The van der Waals surface area contributed by atoms with Crippen molar-refractivity contribution in [2.75, 3.05) is 11.1 Å². The van der Waals surface area contributed by atoms with Gasteiger partial charge in [0, 0.05) is 17.6 Å². The number of phenols is 1. The zero-order valence-corrected chi connectivity index (χ0v) is 15.4. The Morgan fingerprint density at radius 2 is 1.96 bits per heavy atom. The average Bonchev–Trinajstić information content (AvgIpc) is 2.97. The van der Waals surface area contributed by atoms with Gasteiger partial charge in [-0.15, -0.1) is 0 Å². The summed E-state index contributed by atoms with van der Waals surface area (Å²) in [5, 5.41) is 23.1. The highest BCUT2D eigenvalue weighted by atomic mass is 32.2. The quantitative estimate of drug-likeness (QED) is 0.724. The summed E-state index contributed by atoms with van der Waals surface area (Å²) in [7, 11) is -3.29. The van der Waals surface area contributed by atoms with Crippen LogP contribution in [0.25, 0.3) is 10.9 Å². The molecule has 27 heavy (non-hydrogen) atoms. The number of anilines is 1. The maximum absolute atomic E-state index is 12.3. The van der Waals surface area contributed by atoms with Crippen molar-refractivity contribution in [3.63, 3.8) is 0 Å². The highest BCUT2D eigenvalue weighted by Crippen LogP contribution is 2.38. The molecular weight excluding hydrogens is 362 g/mol. The Labute approximate surface area is 157 Å². The van der Waals surface area contributed by atoms with Crippen molar-refractivity contribution in [1.29, 1.82) is 5.26 Å². The average molecular weight is 379 g/mol. The van der Waals surface area contributed by atoms with Gasteiger partial charge in [-0.25, -0.2) is 8.42 Å². The van der Waals surface area contributed by atoms with E-state index in [9.17, 15) is 18.8 Å². The molecule has 1 aliphatic rings. The van der Waals surface area contributed by atoms with E-state index in [1.807, 2.05) is 6.92 Å². The zero-order valence-electron chi connectivity index (χ0n) is 14.6. The molecular formula is C20H17N3O3S. The molecule has 0 saturated heterocycles. The summed E-state index contributed by atoms with van der Waals surface area (Å²) in [6.07, 6.45) is 1.91. The first-order chi connectivity index (χ1) is 12.9. The molecule has 0 spiro atoms. The second kappa shape index (κ2) is 6.25. The molecule has 136 valence electrons. The number of aryl methyl sites for hydroxylation is 1. The van der Waals surface area contributed by atoms with Gasteiger partial charge in [-0.1, -0.05) is 12.1 Å². The van der Waals surface area contributed by atoms with Gasteiger partial charge in [0.2, 0.25) is 0 Å². The number of nitrogens with one attached hydrogen (secondary N) is 1. The minimum absolute atomic E-state index is 0.0746. The number of fused-ring (bicyclic) bond motifs is 3. The van der Waals surface area contributed by atoms with Gasteiger partial charge < -0.3 is 10.4 Å². The predicted molar refractivity (Wildman–Crippen MR) is 102 cm³/mol. The first-order valence-corrected chi connectivity index (χ1v) is 10.2. The second-order valence-electron chi connectivity index (χ2n) is 6.62. The first-order valence-electron chi connectivity index (χ1n) is 8.53. The molecule has 2 heterocycles. The maximum atomic E-state index is 12.3. The van der Waals surface area contributed by atoms with Gasteiger partial charge in [-0.2, -0.15) is 5.26 Å². The molecule has 0 saturated carbocycles. The Morgan fingerprint density at radius 1 is 1.22 bits per heavy atom. The van der Waals surface area contributed by atoms with Crippen LogP contribution in [0.1, 0.15) is 29.7 Å². The molecule has 2 aromatic carbocycles. The van der Waals surface area contributed by atoms with Gasteiger partial charge in [0.05, 0.1) is 27.4 Å². The second-order valence-corrected chi connectivity index (χ2v) is 8.70. The molecule has 4 rings (SSSR count). The molecule has 6 nitrogen and oxygen atoms in total. The van der Waals surface area contributed by atoms with E-state index in [2.05, 4.69) is 16.4 Å². The molecule has 1 aromatic heterocycles. The van der Waals surface area contributed by atoms with Crippen LogP contribution in [0, 0.1) is 11.3 Å². The molecule has 1 unspecified atom stereocenters. The highest BCUT2D eigenvalue weighted by molar-refractivity contribution is 7.91. The van der Waals surface area contributed by atoms with Crippen LogP contribution >= 0.6 is 0 Å². The third-order valence-electron chi connectivity index (χ3n) is 4.93. The van der Waals surface area contributed by atoms with E-state index in [0.29, 0.717) is 33.5 Å². The maximum Gasteiger partial charge on any atom is 0.179 e. The van der Waals surface area contributed by atoms with Crippen LogP contribution in [0.5, 0.6) is 5.75 Å². The Morgan fingerprint density at radius 3 is 2.67 bits per heavy atom. The van der Waals surface area contributed by atoms with Crippen LogP contribution in [-0.2, 0) is 16.3 Å². The number of pyridine rings is 1. The summed E-state index contributed by atoms with van der Waals surface area (Å²) in [6.45, 7) is 1.94. The van der Waals surface area contributed by atoms with Gasteiger partial charge in [0.25, 0.3) is 0 Å². The number of rotatable bonds is 3. The molecule has 0 radical (unpaired) electrons. The monoisotopic (exact) mass is 379 g/mol. The summed E-state index contributed by atoms with van der Waals surface area (Å²) >= 11 is 0. The highest BCUT2D eigenvalue weighted by Gasteiger charge is 2.29. The van der Waals surface area contributed by atoms with Gasteiger partial charge in [-0.05, 0) is 48.7 Å². The number of nitrogens with zero attached hydrogens (tertiary/aromatic N) is 2. The van der Waals surface area contributed by atoms with E-state index >= 15 is 0 Å². The Hall–Kier alpha value is -3.11. The summed E-state index contributed by atoms with van der Waals surface area (Å²) in [5.74, 6) is 0.256. The number of aromatic hydroxyl groups is 1. The Kier molecular flexibility index (Phi) is 4.01. The van der Waals surface area contributed by atoms with Crippen molar-refractivity contribution in [3.05, 3.63) is 59.3 Å². The van der Waals surface area contributed by atoms with Crippen LogP contribution in [0.3, 0.4) is 0 Å². The predicted octanol–water partition coefficient (Wildman–Crippen LogP) is 3.31. The van der Waals surface area contributed by atoms with E-state index in [1.165, 1.54) is 6.20 Å². The minimum Gasteiger partial charge on any atom is -0.508 e. The standard InChI is InChI=1S/C20H17N3O3S/c1-12(13-2-4-15(24)5-3-13)23-20-14(10-21)11-22-17-6-7-18-16(19(17)20)8-9-27(18,25)26/h2-7,11-12,24H,8-9H2,1H3,(H,22,23). The number of benzene rings is 2. The number of aromatic nitrogens is 1. The number of hydrogen-bond acceptors (Lipinski definition) is 6. The van der Waals surface area contributed by atoms with Crippen LogP contribution < -0.4 is 5.32 Å². The minimum atomic E-state index is -3.29. The molecule has 1 aliphatic heterocycles. The number of sulfone groups is 1. The fourth-order valence-electron chi connectivity index (χ4n) is 3.52. The Bertz CT molecular complexity index is 1200. The zero-order chi connectivity index (χ0) is 19.2. The van der Waals surface area contributed by atoms with Crippen LogP contribution in [-0.4, -0.2) is 24.3 Å². The van der Waals surface area contributed by atoms with Crippen LogP contribution in [0.2, 0.25) is 0 Å².